The van der Waals surface area contributed by atoms with Crippen LogP contribution in [0.3, 0.4) is 0 Å². The van der Waals surface area contributed by atoms with Crippen molar-refractivity contribution in [2.24, 2.45) is 0 Å². The molecule has 3 heterocycles. The lowest BCUT2D eigenvalue weighted by atomic mass is 10.2. The topological polar surface area (TPSA) is 71.3 Å². The van der Waals surface area contributed by atoms with Crippen LogP contribution in [0.1, 0.15) is 29.0 Å². The summed E-state index contributed by atoms with van der Waals surface area (Å²) >= 11 is 1.69. The molecule has 1 amide bonds. The van der Waals surface area contributed by atoms with E-state index in [2.05, 4.69) is 32.3 Å². The van der Waals surface area contributed by atoms with Crippen molar-refractivity contribution in [1.29, 1.82) is 0 Å². The number of thioether (sulfide) groups is 1. The standard InChI is InChI=1S/C23H22N4O2S/c1-30-16-10-8-15(9-11-16)14-24-23(28)21-25-19-17-6-2-3-7-18(17)29-20(19)22(26-21)27-12-4-5-13-27/h2-3,6-11H,4-5,12-14H2,1H3,(H,24,28). The van der Waals surface area contributed by atoms with Gasteiger partial charge in [-0.25, -0.2) is 9.97 Å². The van der Waals surface area contributed by atoms with Crippen LogP contribution >= 0.6 is 11.8 Å². The Morgan fingerprint density at radius 3 is 2.63 bits per heavy atom. The Bertz CT molecular complexity index is 1210. The van der Waals surface area contributed by atoms with Gasteiger partial charge in [0.15, 0.2) is 11.4 Å². The number of carbonyl (C=O) groups excluding carboxylic acids is 1. The average molecular weight is 419 g/mol. The molecule has 1 saturated heterocycles. The summed E-state index contributed by atoms with van der Waals surface area (Å²) in [6, 6.07) is 15.9. The van der Waals surface area contributed by atoms with E-state index in [0.717, 1.165) is 42.5 Å². The number of hydrogen-bond donors (Lipinski definition) is 1. The molecule has 1 N–H and O–H groups in total. The maximum atomic E-state index is 12.9. The molecule has 152 valence electrons. The van der Waals surface area contributed by atoms with Crippen LogP contribution in [-0.2, 0) is 6.54 Å². The third-order valence-electron chi connectivity index (χ3n) is 5.42. The van der Waals surface area contributed by atoms with Gasteiger partial charge in [0, 0.05) is 29.9 Å². The molecule has 6 nitrogen and oxygen atoms in total. The number of carbonyl (C=O) groups is 1. The van der Waals surface area contributed by atoms with E-state index in [-0.39, 0.29) is 11.7 Å². The number of anilines is 1. The van der Waals surface area contributed by atoms with Crippen molar-refractivity contribution in [1.82, 2.24) is 15.3 Å². The van der Waals surface area contributed by atoms with Crippen molar-refractivity contribution in [3.63, 3.8) is 0 Å². The van der Waals surface area contributed by atoms with Gasteiger partial charge in [-0.1, -0.05) is 24.3 Å². The Morgan fingerprint density at radius 2 is 1.87 bits per heavy atom. The third kappa shape index (κ3) is 3.50. The molecule has 0 saturated carbocycles. The van der Waals surface area contributed by atoms with Gasteiger partial charge in [0.25, 0.3) is 5.91 Å². The zero-order valence-electron chi connectivity index (χ0n) is 16.7. The first-order valence-electron chi connectivity index (χ1n) is 10.1. The van der Waals surface area contributed by atoms with Gasteiger partial charge < -0.3 is 14.6 Å². The van der Waals surface area contributed by atoms with Crippen LogP contribution in [0.4, 0.5) is 5.82 Å². The lowest BCUT2D eigenvalue weighted by Gasteiger charge is -2.17. The first kappa shape index (κ1) is 18.9. The fraction of sp³-hybridized carbons (Fsp3) is 0.261. The SMILES string of the molecule is CSc1ccc(CNC(=O)c2nc(N3CCCC3)c3oc4ccccc4c3n2)cc1. The van der Waals surface area contributed by atoms with Gasteiger partial charge in [-0.3, -0.25) is 4.79 Å². The lowest BCUT2D eigenvalue weighted by molar-refractivity contribution is 0.0941. The third-order valence-corrected chi connectivity index (χ3v) is 6.17. The van der Waals surface area contributed by atoms with Crippen LogP contribution in [0.25, 0.3) is 22.1 Å². The van der Waals surface area contributed by atoms with Crippen molar-refractivity contribution in [2.75, 3.05) is 24.2 Å². The van der Waals surface area contributed by atoms with Gasteiger partial charge in [-0.2, -0.15) is 0 Å². The Morgan fingerprint density at radius 1 is 1.10 bits per heavy atom. The molecule has 2 aromatic heterocycles. The van der Waals surface area contributed by atoms with Gasteiger partial charge in [0.2, 0.25) is 5.82 Å². The highest BCUT2D eigenvalue weighted by molar-refractivity contribution is 7.98. The second-order valence-electron chi connectivity index (χ2n) is 7.37. The van der Waals surface area contributed by atoms with Crippen LogP contribution in [0.15, 0.2) is 57.8 Å². The Labute approximate surface area is 178 Å². The summed E-state index contributed by atoms with van der Waals surface area (Å²) in [5.74, 6) is 0.608. The summed E-state index contributed by atoms with van der Waals surface area (Å²) in [6.07, 6.45) is 4.26. The van der Waals surface area contributed by atoms with Gasteiger partial charge in [0.1, 0.15) is 11.1 Å². The van der Waals surface area contributed by atoms with E-state index in [4.69, 9.17) is 4.42 Å². The van der Waals surface area contributed by atoms with Gasteiger partial charge in [-0.05, 0) is 48.9 Å². The minimum Gasteiger partial charge on any atom is -0.450 e. The highest BCUT2D eigenvalue weighted by atomic mass is 32.2. The second kappa shape index (κ2) is 7.99. The molecule has 0 atom stereocenters. The highest BCUT2D eigenvalue weighted by Gasteiger charge is 2.24. The van der Waals surface area contributed by atoms with Gasteiger partial charge in [0.05, 0.1) is 0 Å². The molecule has 0 aliphatic carbocycles. The summed E-state index contributed by atoms with van der Waals surface area (Å²) in [7, 11) is 0. The smallest absolute Gasteiger partial charge is 0.289 e. The van der Waals surface area contributed by atoms with E-state index in [9.17, 15) is 4.79 Å². The number of furan rings is 1. The first-order chi connectivity index (χ1) is 14.7. The molecule has 4 aromatic rings. The number of nitrogens with zero attached hydrogens (tertiary/aromatic N) is 3. The second-order valence-corrected chi connectivity index (χ2v) is 8.25. The predicted octanol–water partition coefficient (Wildman–Crippen LogP) is 4.63. The molecule has 30 heavy (non-hydrogen) atoms. The maximum Gasteiger partial charge on any atom is 0.289 e. The largest absolute Gasteiger partial charge is 0.450 e. The fourth-order valence-electron chi connectivity index (χ4n) is 3.83. The monoisotopic (exact) mass is 418 g/mol. The number of fused-ring (bicyclic) bond motifs is 3. The Hall–Kier alpha value is -3.06. The highest BCUT2D eigenvalue weighted by Crippen LogP contribution is 2.34. The number of nitrogens with one attached hydrogen (secondary N) is 1. The van der Waals surface area contributed by atoms with Crippen LogP contribution in [-0.4, -0.2) is 35.2 Å². The molecule has 0 radical (unpaired) electrons. The Balaban J connectivity index is 1.49. The van der Waals surface area contributed by atoms with Crippen molar-refractivity contribution in [3.8, 4) is 0 Å². The quantitative estimate of drug-likeness (QED) is 0.477. The Kier molecular flexibility index (Phi) is 5.04. The normalized spacial score (nSPS) is 14.0. The summed E-state index contributed by atoms with van der Waals surface area (Å²) in [4.78, 5) is 25.5. The summed E-state index contributed by atoms with van der Waals surface area (Å²) < 4.78 is 6.08. The maximum absolute atomic E-state index is 12.9. The van der Waals surface area contributed by atoms with Gasteiger partial charge >= 0.3 is 0 Å². The van der Waals surface area contributed by atoms with Crippen LogP contribution in [0.5, 0.6) is 0 Å². The molecule has 1 aliphatic heterocycles. The minimum absolute atomic E-state index is 0.177. The number of benzene rings is 2. The molecular formula is C23H22N4O2S. The summed E-state index contributed by atoms with van der Waals surface area (Å²) in [5, 5.41) is 3.86. The molecule has 5 rings (SSSR count). The molecule has 0 unspecified atom stereocenters. The number of aromatic nitrogens is 2. The molecule has 1 aliphatic rings. The number of hydrogen-bond acceptors (Lipinski definition) is 6. The van der Waals surface area contributed by atoms with Crippen molar-refractivity contribution in [2.45, 2.75) is 24.3 Å². The molecule has 7 heteroatoms. The zero-order valence-corrected chi connectivity index (χ0v) is 17.5. The zero-order chi connectivity index (χ0) is 20.5. The van der Waals surface area contributed by atoms with Crippen LogP contribution in [0.2, 0.25) is 0 Å². The summed E-state index contributed by atoms with van der Waals surface area (Å²) in [5.41, 5.74) is 3.14. The number of amides is 1. The van der Waals surface area contributed by atoms with E-state index in [1.165, 1.54) is 4.90 Å². The van der Waals surface area contributed by atoms with E-state index in [0.29, 0.717) is 23.5 Å². The van der Waals surface area contributed by atoms with E-state index >= 15 is 0 Å². The summed E-state index contributed by atoms with van der Waals surface area (Å²) in [6.45, 7) is 2.25. The van der Waals surface area contributed by atoms with Gasteiger partial charge in [-0.15, -0.1) is 11.8 Å². The number of rotatable bonds is 5. The molecule has 0 bridgehead atoms. The van der Waals surface area contributed by atoms with Crippen LogP contribution < -0.4 is 10.2 Å². The first-order valence-corrected chi connectivity index (χ1v) is 11.3. The van der Waals surface area contributed by atoms with E-state index < -0.39 is 0 Å². The predicted molar refractivity (Wildman–Crippen MR) is 120 cm³/mol. The van der Waals surface area contributed by atoms with E-state index in [1.54, 1.807) is 11.8 Å². The van der Waals surface area contributed by atoms with Crippen molar-refractivity contribution < 1.29 is 9.21 Å². The average Bonchev–Trinajstić information content (AvgIpc) is 3.45. The molecule has 0 spiro atoms. The molecule has 2 aromatic carbocycles. The van der Waals surface area contributed by atoms with Crippen LogP contribution in [0, 0.1) is 0 Å². The molecule has 1 fully saturated rings. The number of para-hydroxylation sites is 1. The van der Waals surface area contributed by atoms with Crippen molar-refractivity contribution >= 4 is 45.6 Å². The molecular weight excluding hydrogens is 396 g/mol. The van der Waals surface area contributed by atoms with Crippen molar-refractivity contribution in [3.05, 3.63) is 59.9 Å². The minimum atomic E-state index is -0.281. The lowest BCUT2D eigenvalue weighted by Crippen LogP contribution is -2.27. The fourth-order valence-corrected chi connectivity index (χ4v) is 4.23. The van der Waals surface area contributed by atoms with E-state index in [1.807, 2.05) is 42.7 Å².